The normalized spacial score (nSPS) is 18.4. The van der Waals surface area contributed by atoms with Gasteiger partial charge in [-0.15, -0.1) is 0 Å². The molecule has 0 aromatic heterocycles. The second-order valence-corrected chi connectivity index (χ2v) is 5.75. The molecule has 2 rings (SSSR count). The van der Waals surface area contributed by atoms with Gasteiger partial charge in [-0.3, -0.25) is 0 Å². The van der Waals surface area contributed by atoms with Crippen LogP contribution in [0.3, 0.4) is 0 Å². The van der Waals surface area contributed by atoms with Crippen LogP contribution in [0.25, 0.3) is 0 Å². The molecule has 106 valence electrons. The Kier molecular flexibility index (Phi) is 6.11. The summed E-state index contributed by atoms with van der Waals surface area (Å²) in [5.74, 6) is 0. The Labute approximate surface area is 120 Å². The van der Waals surface area contributed by atoms with Crippen molar-refractivity contribution < 1.29 is 14.7 Å². The molecule has 1 saturated heterocycles. The van der Waals surface area contributed by atoms with Crippen LogP contribution in [0.4, 0.5) is 0 Å². The van der Waals surface area contributed by atoms with Crippen LogP contribution in [-0.4, -0.2) is 37.5 Å². The summed E-state index contributed by atoms with van der Waals surface area (Å²) in [5.41, 5.74) is 1.09. The lowest BCUT2D eigenvalue weighted by molar-refractivity contribution is -0.908. The lowest BCUT2D eigenvalue weighted by atomic mass is 10.1. The first-order chi connectivity index (χ1) is 9.24. The second-order valence-electron chi connectivity index (χ2n) is 5.31. The summed E-state index contributed by atoms with van der Waals surface area (Å²) in [7, 11) is 0. The van der Waals surface area contributed by atoms with Crippen molar-refractivity contribution in [2.24, 2.45) is 0 Å². The van der Waals surface area contributed by atoms with E-state index < -0.39 is 0 Å². The number of piperidine rings is 1. The van der Waals surface area contributed by atoms with E-state index in [-0.39, 0.29) is 6.10 Å². The van der Waals surface area contributed by atoms with E-state index in [2.05, 4.69) is 0 Å². The number of benzene rings is 1. The van der Waals surface area contributed by atoms with Crippen LogP contribution >= 0.6 is 11.6 Å². The highest BCUT2D eigenvalue weighted by Crippen LogP contribution is 2.10. The predicted molar refractivity (Wildman–Crippen MR) is 76.5 cm³/mol. The van der Waals surface area contributed by atoms with E-state index in [0.717, 1.165) is 17.1 Å². The largest absolute Gasteiger partial charge is 0.385 e. The van der Waals surface area contributed by atoms with Gasteiger partial charge in [0.2, 0.25) is 0 Å². The number of aliphatic hydroxyl groups is 1. The van der Waals surface area contributed by atoms with Crippen LogP contribution in [0.1, 0.15) is 24.8 Å². The zero-order valence-electron chi connectivity index (χ0n) is 11.3. The Morgan fingerprint density at radius 1 is 1.16 bits per heavy atom. The van der Waals surface area contributed by atoms with E-state index in [4.69, 9.17) is 16.3 Å². The number of halogens is 1. The first-order valence-corrected chi connectivity index (χ1v) is 7.45. The Morgan fingerprint density at radius 2 is 1.84 bits per heavy atom. The number of ether oxygens (including phenoxy) is 1. The minimum atomic E-state index is -0.361. The van der Waals surface area contributed by atoms with E-state index in [1.165, 1.54) is 37.3 Å². The number of nitrogens with one attached hydrogen (secondary N) is 1. The third-order valence-electron chi connectivity index (χ3n) is 3.58. The van der Waals surface area contributed by atoms with Gasteiger partial charge in [0.25, 0.3) is 0 Å². The van der Waals surface area contributed by atoms with E-state index >= 15 is 0 Å². The molecule has 4 heteroatoms. The Morgan fingerprint density at radius 3 is 2.53 bits per heavy atom. The zero-order chi connectivity index (χ0) is 13.5. The van der Waals surface area contributed by atoms with Crippen molar-refractivity contribution in [3.8, 4) is 0 Å². The fraction of sp³-hybridized carbons (Fsp3) is 0.600. The maximum atomic E-state index is 9.96. The molecule has 0 amide bonds. The standard InChI is InChI=1S/C15H22ClNO2/c16-14-6-4-13(5-7-14)11-19-12-15(18)10-17-8-2-1-3-9-17/h4-7,15,18H,1-3,8-12H2/p+1. The van der Waals surface area contributed by atoms with Gasteiger partial charge in [-0.2, -0.15) is 0 Å². The number of aliphatic hydroxyl groups excluding tert-OH is 1. The van der Waals surface area contributed by atoms with Gasteiger partial charge >= 0.3 is 0 Å². The topological polar surface area (TPSA) is 33.9 Å². The molecule has 0 aliphatic carbocycles. The molecular weight excluding hydrogens is 262 g/mol. The van der Waals surface area contributed by atoms with Crippen LogP contribution in [0.5, 0.6) is 0 Å². The molecule has 1 atom stereocenters. The molecule has 1 fully saturated rings. The SMILES string of the molecule is OC(COCc1ccc(Cl)cc1)C[NH+]1CCCCC1. The van der Waals surface area contributed by atoms with Crippen molar-refractivity contribution >= 4 is 11.6 Å². The molecule has 1 aromatic rings. The van der Waals surface area contributed by atoms with Crippen molar-refractivity contribution in [3.63, 3.8) is 0 Å². The van der Waals surface area contributed by atoms with Crippen LogP contribution in [0.2, 0.25) is 5.02 Å². The molecule has 19 heavy (non-hydrogen) atoms. The van der Waals surface area contributed by atoms with Crippen LogP contribution in [0, 0.1) is 0 Å². The first kappa shape index (κ1) is 14.8. The third kappa shape index (κ3) is 5.49. The van der Waals surface area contributed by atoms with E-state index in [1.54, 1.807) is 0 Å². The molecule has 1 aliphatic rings. The molecule has 1 unspecified atom stereocenters. The van der Waals surface area contributed by atoms with Gasteiger partial charge in [-0.25, -0.2) is 0 Å². The van der Waals surface area contributed by atoms with Crippen LogP contribution in [0.15, 0.2) is 24.3 Å². The average molecular weight is 285 g/mol. The van der Waals surface area contributed by atoms with Gasteiger partial charge in [0.1, 0.15) is 12.6 Å². The lowest BCUT2D eigenvalue weighted by Crippen LogP contribution is -3.14. The summed E-state index contributed by atoms with van der Waals surface area (Å²) >= 11 is 5.82. The van der Waals surface area contributed by atoms with E-state index in [9.17, 15) is 5.11 Å². The van der Waals surface area contributed by atoms with Gasteiger partial charge < -0.3 is 14.7 Å². The summed E-state index contributed by atoms with van der Waals surface area (Å²) in [5, 5.41) is 10.7. The highest BCUT2D eigenvalue weighted by molar-refractivity contribution is 6.30. The highest BCUT2D eigenvalue weighted by Gasteiger charge is 2.17. The molecular formula is C15H23ClNO2+. The average Bonchev–Trinajstić information content (AvgIpc) is 2.42. The fourth-order valence-electron chi connectivity index (χ4n) is 2.54. The van der Waals surface area contributed by atoms with Gasteiger partial charge in [0, 0.05) is 5.02 Å². The van der Waals surface area contributed by atoms with Gasteiger partial charge in [0.15, 0.2) is 0 Å². The summed E-state index contributed by atoms with van der Waals surface area (Å²) in [6.07, 6.45) is 3.55. The minimum Gasteiger partial charge on any atom is -0.385 e. The smallest absolute Gasteiger partial charge is 0.126 e. The van der Waals surface area contributed by atoms with Crippen LogP contribution in [-0.2, 0) is 11.3 Å². The van der Waals surface area contributed by atoms with Crippen molar-refractivity contribution in [3.05, 3.63) is 34.9 Å². The summed E-state index contributed by atoms with van der Waals surface area (Å²) in [4.78, 5) is 1.51. The lowest BCUT2D eigenvalue weighted by Gasteiger charge is -2.25. The van der Waals surface area contributed by atoms with Crippen molar-refractivity contribution in [2.75, 3.05) is 26.2 Å². The van der Waals surface area contributed by atoms with Gasteiger partial charge in [0.05, 0.1) is 26.3 Å². The maximum Gasteiger partial charge on any atom is 0.126 e. The number of likely N-dealkylation sites (tertiary alicyclic amines) is 1. The Bertz CT molecular complexity index is 363. The summed E-state index contributed by atoms with van der Waals surface area (Å²) < 4.78 is 5.56. The minimum absolute atomic E-state index is 0.361. The van der Waals surface area contributed by atoms with E-state index in [0.29, 0.717) is 13.2 Å². The Balaban J connectivity index is 1.63. The molecule has 0 spiro atoms. The Hall–Kier alpha value is -0.610. The summed E-state index contributed by atoms with van der Waals surface area (Å²) in [6.45, 7) is 4.12. The first-order valence-electron chi connectivity index (χ1n) is 7.08. The highest BCUT2D eigenvalue weighted by atomic mass is 35.5. The van der Waals surface area contributed by atoms with Crippen molar-refractivity contribution in [2.45, 2.75) is 32.0 Å². The van der Waals surface area contributed by atoms with Crippen molar-refractivity contribution in [1.82, 2.24) is 0 Å². The quantitative estimate of drug-likeness (QED) is 0.825. The molecule has 0 bridgehead atoms. The zero-order valence-corrected chi connectivity index (χ0v) is 12.0. The van der Waals surface area contributed by atoms with Crippen LogP contribution < -0.4 is 4.90 Å². The molecule has 2 N–H and O–H groups in total. The maximum absolute atomic E-state index is 9.96. The summed E-state index contributed by atoms with van der Waals surface area (Å²) in [6, 6.07) is 7.61. The van der Waals surface area contributed by atoms with E-state index in [1.807, 2.05) is 24.3 Å². The monoisotopic (exact) mass is 284 g/mol. The predicted octanol–water partition coefficient (Wildman–Crippen LogP) is 1.29. The van der Waals surface area contributed by atoms with Crippen molar-refractivity contribution in [1.29, 1.82) is 0 Å². The number of hydrogen-bond donors (Lipinski definition) is 2. The van der Waals surface area contributed by atoms with Gasteiger partial charge in [-0.1, -0.05) is 23.7 Å². The third-order valence-corrected chi connectivity index (χ3v) is 3.83. The molecule has 3 nitrogen and oxygen atoms in total. The molecule has 1 aliphatic heterocycles. The molecule has 1 heterocycles. The number of rotatable bonds is 6. The molecule has 0 radical (unpaired) electrons. The fourth-order valence-corrected chi connectivity index (χ4v) is 2.67. The molecule has 0 saturated carbocycles. The molecule has 1 aromatic carbocycles. The van der Waals surface area contributed by atoms with Gasteiger partial charge in [-0.05, 0) is 37.0 Å². The second kappa shape index (κ2) is 7.85. The number of quaternary nitrogens is 1. The number of hydrogen-bond acceptors (Lipinski definition) is 2.